The third-order valence-electron chi connectivity index (χ3n) is 3.63. The first-order valence-corrected chi connectivity index (χ1v) is 7.19. The van der Waals surface area contributed by atoms with Crippen LogP contribution in [0.3, 0.4) is 0 Å². The highest BCUT2D eigenvalue weighted by Crippen LogP contribution is 2.27. The molecule has 90 valence electrons. The number of aromatic nitrogens is 3. The second-order valence-corrected chi connectivity index (χ2v) is 5.59. The summed E-state index contributed by atoms with van der Waals surface area (Å²) in [5.74, 6) is 0. The fraction of sp³-hybridized carbons (Fsp3) is 0.286. The van der Waals surface area contributed by atoms with Crippen LogP contribution in [0.4, 0.5) is 0 Å². The van der Waals surface area contributed by atoms with Crippen LogP contribution in [0.15, 0.2) is 29.9 Å². The van der Waals surface area contributed by atoms with Crippen molar-refractivity contribution in [2.75, 3.05) is 0 Å². The fourth-order valence-corrected chi connectivity index (χ4v) is 3.27. The Hall–Kier alpha value is -1.68. The van der Waals surface area contributed by atoms with E-state index in [0.717, 1.165) is 10.7 Å². The molecule has 0 saturated heterocycles. The normalized spacial score (nSPS) is 14.9. The number of hydrogen-bond donors (Lipinski definition) is 0. The summed E-state index contributed by atoms with van der Waals surface area (Å²) < 4.78 is 1.85. The largest absolute Gasteiger partial charge is 0.217 e. The molecule has 0 bridgehead atoms. The third kappa shape index (κ3) is 1.56. The Bertz CT molecular complexity index is 682. The molecule has 1 aliphatic rings. The maximum absolute atomic E-state index is 4.61. The van der Waals surface area contributed by atoms with Crippen LogP contribution in [-0.2, 0) is 12.8 Å². The number of nitrogens with zero attached hydrogens (tertiary/aromatic N) is 3. The second-order valence-electron chi connectivity index (χ2n) is 4.78. The molecule has 0 N–H and O–H groups in total. The molecule has 0 radical (unpaired) electrons. The van der Waals surface area contributed by atoms with Gasteiger partial charge in [0, 0.05) is 5.56 Å². The van der Waals surface area contributed by atoms with E-state index < -0.39 is 0 Å². The van der Waals surface area contributed by atoms with Gasteiger partial charge in [0.1, 0.15) is 5.51 Å². The van der Waals surface area contributed by atoms with E-state index in [1.807, 2.05) is 16.2 Å². The van der Waals surface area contributed by atoms with Gasteiger partial charge >= 0.3 is 0 Å². The summed E-state index contributed by atoms with van der Waals surface area (Å²) in [6, 6.07) is 6.77. The molecule has 18 heavy (non-hydrogen) atoms. The van der Waals surface area contributed by atoms with Crippen LogP contribution in [0.5, 0.6) is 0 Å². The molecular weight excluding hydrogens is 242 g/mol. The Labute approximate surface area is 109 Å². The van der Waals surface area contributed by atoms with E-state index in [-0.39, 0.29) is 0 Å². The molecule has 2 heterocycles. The zero-order valence-corrected chi connectivity index (χ0v) is 10.8. The van der Waals surface area contributed by atoms with Gasteiger partial charge in [-0.15, -0.1) is 0 Å². The fourth-order valence-electron chi connectivity index (χ4n) is 2.67. The molecule has 4 heteroatoms. The van der Waals surface area contributed by atoms with Gasteiger partial charge < -0.3 is 0 Å². The summed E-state index contributed by atoms with van der Waals surface area (Å²) in [5, 5.41) is 4.23. The van der Waals surface area contributed by atoms with E-state index in [1.54, 1.807) is 11.3 Å². The van der Waals surface area contributed by atoms with Crippen molar-refractivity contribution < 1.29 is 0 Å². The van der Waals surface area contributed by atoms with Crippen LogP contribution < -0.4 is 0 Å². The summed E-state index contributed by atoms with van der Waals surface area (Å²) in [4.78, 5) is 5.57. The molecule has 2 aromatic heterocycles. The molecule has 1 aromatic carbocycles. The minimum atomic E-state index is 0.961. The SMILES string of the molecule is c1nn2cc(-c3ccc4c(c3)CCCC4)nc2s1. The van der Waals surface area contributed by atoms with Crippen LogP contribution in [0.1, 0.15) is 24.0 Å². The lowest BCUT2D eigenvalue weighted by atomic mass is 9.90. The standard InChI is InChI=1S/C14H13N3S/c1-2-4-11-7-12(6-5-10(11)3-1)13-8-17-14(16-13)18-9-15-17/h5-9H,1-4H2. The van der Waals surface area contributed by atoms with E-state index >= 15 is 0 Å². The lowest BCUT2D eigenvalue weighted by Crippen LogP contribution is -2.02. The highest BCUT2D eigenvalue weighted by atomic mass is 32.1. The van der Waals surface area contributed by atoms with Gasteiger partial charge in [-0.25, -0.2) is 9.50 Å². The molecule has 4 rings (SSSR count). The zero-order valence-electron chi connectivity index (χ0n) is 9.97. The van der Waals surface area contributed by atoms with Crippen molar-refractivity contribution >= 4 is 16.3 Å². The highest BCUT2D eigenvalue weighted by molar-refractivity contribution is 7.14. The van der Waals surface area contributed by atoms with Crippen LogP contribution in [0, 0.1) is 0 Å². The molecule has 0 spiro atoms. The Balaban J connectivity index is 1.82. The van der Waals surface area contributed by atoms with Crippen LogP contribution in [0.25, 0.3) is 16.2 Å². The second kappa shape index (κ2) is 3.92. The van der Waals surface area contributed by atoms with Gasteiger partial charge in [0.25, 0.3) is 0 Å². The summed E-state index contributed by atoms with van der Waals surface area (Å²) >= 11 is 1.57. The Morgan fingerprint density at radius 2 is 2.00 bits per heavy atom. The molecule has 0 amide bonds. The van der Waals surface area contributed by atoms with Crippen LogP contribution in [-0.4, -0.2) is 14.6 Å². The number of fused-ring (bicyclic) bond motifs is 2. The summed E-state index contributed by atoms with van der Waals surface area (Å²) in [6.07, 6.45) is 7.10. The van der Waals surface area contributed by atoms with Crippen molar-refractivity contribution in [3.63, 3.8) is 0 Å². The third-order valence-corrected chi connectivity index (χ3v) is 4.32. The topological polar surface area (TPSA) is 30.2 Å². The number of benzene rings is 1. The summed E-state index contributed by atoms with van der Waals surface area (Å²) in [5.41, 5.74) is 7.09. The predicted octanol–water partition coefficient (Wildman–Crippen LogP) is 3.34. The van der Waals surface area contributed by atoms with Gasteiger partial charge in [-0.1, -0.05) is 23.5 Å². The van der Waals surface area contributed by atoms with Crippen molar-refractivity contribution in [1.82, 2.24) is 14.6 Å². The van der Waals surface area contributed by atoms with E-state index in [1.165, 1.54) is 42.4 Å². The minimum absolute atomic E-state index is 0.961. The monoisotopic (exact) mass is 255 g/mol. The number of imidazole rings is 1. The van der Waals surface area contributed by atoms with Gasteiger partial charge in [0.15, 0.2) is 0 Å². The van der Waals surface area contributed by atoms with Gasteiger partial charge in [0.05, 0.1) is 11.9 Å². The Kier molecular flexibility index (Phi) is 2.23. The molecule has 0 saturated carbocycles. The lowest BCUT2D eigenvalue weighted by Gasteiger charge is -2.15. The number of rotatable bonds is 1. The molecular formula is C14H13N3S. The first kappa shape index (κ1) is 10.3. The Morgan fingerprint density at radius 3 is 2.89 bits per heavy atom. The van der Waals surface area contributed by atoms with Crippen LogP contribution >= 0.6 is 11.3 Å². The highest BCUT2D eigenvalue weighted by Gasteiger charge is 2.12. The smallest absolute Gasteiger partial charge is 0.212 e. The molecule has 0 atom stereocenters. The zero-order chi connectivity index (χ0) is 11.9. The van der Waals surface area contributed by atoms with Crippen molar-refractivity contribution in [2.45, 2.75) is 25.7 Å². The van der Waals surface area contributed by atoms with E-state index in [2.05, 4.69) is 28.3 Å². The van der Waals surface area contributed by atoms with Crippen molar-refractivity contribution in [3.8, 4) is 11.3 Å². The first-order chi connectivity index (χ1) is 8.90. The Morgan fingerprint density at radius 1 is 1.11 bits per heavy atom. The van der Waals surface area contributed by atoms with Gasteiger partial charge in [-0.05, 0) is 42.9 Å². The summed E-state index contributed by atoms with van der Waals surface area (Å²) in [6.45, 7) is 0. The van der Waals surface area contributed by atoms with Gasteiger partial charge in [0.2, 0.25) is 4.96 Å². The molecule has 3 aromatic rings. The average molecular weight is 255 g/mol. The minimum Gasteiger partial charge on any atom is -0.217 e. The maximum Gasteiger partial charge on any atom is 0.212 e. The van der Waals surface area contributed by atoms with Crippen molar-refractivity contribution in [3.05, 3.63) is 41.0 Å². The quantitative estimate of drug-likeness (QED) is 0.667. The maximum atomic E-state index is 4.61. The molecule has 0 unspecified atom stereocenters. The first-order valence-electron chi connectivity index (χ1n) is 6.31. The van der Waals surface area contributed by atoms with Gasteiger partial charge in [-0.2, -0.15) is 5.10 Å². The van der Waals surface area contributed by atoms with E-state index in [9.17, 15) is 0 Å². The summed E-state index contributed by atoms with van der Waals surface area (Å²) in [7, 11) is 0. The van der Waals surface area contributed by atoms with Crippen LogP contribution in [0.2, 0.25) is 0 Å². The predicted molar refractivity (Wildman–Crippen MR) is 72.9 cm³/mol. The molecule has 0 fully saturated rings. The lowest BCUT2D eigenvalue weighted by molar-refractivity contribution is 0.686. The molecule has 3 nitrogen and oxygen atoms in total. The molecule has 0 aliphatic heterocycles. The van der Waals surface area contributed by atoms with E-state index in [4.69, 9.17) is 0 Å². The van der Waals surface area contributed by atoms with Gasteiger partial charge in [-0.3, -0.25) is 0 Å². The average Bonchev–Trinajstić information content (AvgIpc) is 2.99. The molecule has 1 aliphatic carbocycles. The van der Waals surface area contributed by atoms with E-state index in [0.29, 0.717) is 0 Å². The number of aryl methyl sites for hydroxylation is 2. The van der Waals surface area contributed by atoms with Crippen molar-refractivity contribution in [2.24, 2.45) is 0 Å². The number of hydrogen-bond acceptors (Lipinski definition) is 3. The van der Waals surface area contributed by atoms with Crippen molar-refractivity contribution in [1.29, 1.82) is 0 Å².